The molecule has 0 spiro atoms. The third-order valence-electron chi connectivity index (χ3n) is 5.01. The molecule has 6 heteroatoms. The Kier molecular flexibility index (Phi) is 6.22. The van der Waals surface area contributed by atoms with Gasteiger partial charge in [0.2, 0.25) is 0 Å². The molecule has 0 saturated heterocycles. The third kappa shape index (κ3) is 4.42. The molecule has 0 radical (unpaired) electrons. The van der Waals surface area contributed by atoms with Gasteiger partial charge in [-0.2, -0.15) is 5.10 Å². The van der Waals surface area contributed by atoms with E-state index in [0.29, 0.717) is 30.2 Å². The molecule has 0 atom stereocenters. The van der Waals surface area contributed by atoms with Crippen LogP contribution in [0.25, 0.3) is 11.1 Å². The Bertz CT molecular complexity index is 1010. The number of carbonyl (C=O) groups excluding carboxylic acids is 1. The number of carbonyl (C=O) groups is 1. The van der Waals surface area contributed by atoms with Crippen molar-refractivity contribution in [2.24, 2.45) is 7.05 Å². The summed E-state index contributed by atoms with van der Waals surface area (Å²) in [7, 11) is 5.31. The molecule has 1 heterocycles. The first-order valence-corrected chi connectivity index (χ1v) is 9.54. The van der Waals surface area contributed by atoms with Crippen LogP contribution in [0.5, 0.6) is 11.5 Å². The van der Waals surface area contributed by atoms with Crippen molar-refractivity contribution >= 4 is 5.91 Å². The average molecular weight is 393 g/mol. The molecule has 152 valence electrons. The SMILES string of the molecule is COc1ccccc1OCCN(C)C(=O)c1cccc(-c2c(C)nn(C)c2C)c1. The van der Waals surface area contributed by atoms with E-state index in [9.17, 15) is 4.79 Å². The topological polar surface area (TPSA) is 56.6 Å². The summed E-state index contributed by atoms with van der Waals surface area (Å²) in [5, 5.41) is 4.47. The highest BCUT2D eigenvalue weighted by Gasteiger charge is 2.16. The maximum atomic E-state index is 12.9. The smallest absolute Gasteiger partial charge is 0.253 e. The van der Waals surface area contributed by atoms with Crippen LogP contribution in [0, 0.1) is 13.8 Å². The molecular formula is C23H27N3O3. The maximum Gasteiger partial charge on any atom is 0.253 e. The zero-order valence-electron chi connectivity index (χ0n) is 17.6. The third-order valence-corrected chi connectivity index (χ3v) is 5.01. The Hall–Kier alpha value is -3.28. The number of aromatic nitrogens is 2. The molecule has 0 aliphatic heterocycles. The van der Waals surface area contributed by atoms with Gasteiger partial charge in [0.1, 0.15) is 6.61 Å². The van der Waals surface area contributed by atoms with Crippen molar-refractivity contribution in [3.63, 3.8) is 0 Å². The standard InChI is InChI=1S/C23H27N3O3/c1-16-22(17(2)26(4)24-16)18-9-8-10-19(15-18)23(27)25(3)13-14-29-21-12-7-6-11-20(21)28-5/h6-12,15H,13-14H2,1-5H3. The molecule has 0 fully saturated rings. The molecule has 0 aliphatic carbocycles. The largest absolute Gasteiger partial charge is 0.493 e. The van der Waals surface area contributed by atoms with Gasteiger partial charge in [-0.05, 0) is 43.7 Å². The predicted molar refractivity (Wildman–Crippen MR) is 114 cm³/mol. The summed E-state index contributed by atoms with van der Waals surface area (Å²) in [5.41, 5.74) is 4.74. The lowest BCUT2D eigenvalue weighted by atomic mass is 10.0. The fourth-order valence-corrected chi connectivity index (χ4v) is 3.35. The number of nitrogens with zero attached hydrogens (tertiary/aromatic N) is 3. The van der Waals surface area contributed by atoms with Crippen LogP contribution < -0.4 is 9.47 Å². The molecule has 1 aromatic heterocycles. The van der Waals surface area contributed by atoms with Crippen LogP contribution in [0.15, 0.2) is 48.5 Å². The summed E-state index contributed by atoms with van der Waals surface area (Å²) in [6.07, 6.45) is 0. The van der Waals surface area contributed by atoms with Gasteiger partial charge in [0.05, 0.1) is 19.3 Å². The molecule has 0 unspecified atom stereocenters. The van der Waals surface area contributed by atoms with Gasteiger partial charge >= 0.3 is 0 Å². The molecule has 0 aliphatic rings. The normalized spacial score (nSPS) is 10.7. The fourth-order valence-electron chi connectivity index (χ4n) is 3.35. The average Bonchev–Trinajstić information content (AvgIpc) is 2.99. The van der Waals surface area contributed by atoms with Gasteiger partial charge in [0.15, 0.2) is 11.5 Å². The van der Waals surface area contributed by atoms with Crippen molar-refractivity contribution in [3.8, 4) is 22.6 Å². The fraction of sp³-hybridized carbons (Fsp3) is 0.304. The van der Waals surface area contributed by atoms with Crippen molar-refractivity contribution in [2.75, 3.05) is 27.3 Å². The molecular weight excluding hydrogens is 366 g/mol. The van der Waals surface area contributed by atoms with Crippen LogP contribution in [0.3, 0.4) is 0 Å². The zero-order valence-corrected chi connectivity index (χ0v) is 17.6. The Labute approximate surface area is 171 Å². The highest BCUT2D eigenvalue weighted by Crippen LogP contribution is 2.28. The molecule has 3 rings (SSSR count). The van der Waals surface area contributed by atoms with Gasteiger partial charge in [0.25, 0.3) is 5.91 Å². The van der Waals surface area contributed by atoms with E-state index in [0.717, 1.165) is 22.5 Å². The lowest BCUT2D eigenvalue weighted by Crippen LogP contribution is -2.30. The number of hydrogen-bond acceptors (Lipinski definition) is 4. The van der Waals surface area contributed by atoms with Gasteiger partial charge in [-0.1, -0.05) is 24.3 Å². The summed E-state index contributed by atoms with van der Waals surface area (Å²) in [5.74, 6) is 1.30. The van der Waals surface area contributed by atoms with E-state index < -0.39 is 0 Å². The van der Waals surface area contributed by atoms with E-state index in [1.165, 1.54) is 0 Å². The van der Waals surface area contributed by atoms with Crippen molar-refractivity contribution in [2.45, 2.75) is 13.8 Å². The second kappa shape index (κ2) is 8.82. The molecule has 3 aromatic rings. The van der Waals surface area contributed by atoms with Gasteiger partial charge in [0, 0.05) is 30.9 Å². The zero-order chi connectivity index (χ0) is 21.0. The minimum absolute atomic E-state index is 0.0466. The Morgan fingerprint density at radius 1 is 1.10 bits per heavy atom. The van der Waals surface area contributed by atoms with Crippen LogP contribution in [0.4, 0.5) is 0 Å². The Morgan fingerprint density at radius 3 is 2.48 bits per heavy atom. The highest BCUT2D eigenvalue weighted by atomic mass is 16.5. The first kappa shape index (κ1) is 20.5. The number of hydrogen-bond donors (Lipinski definition) is 0. The minimum Gasteiger partial charge on any atom is -0.493 e. The number of aryl methyl sites for hydroxylation is 2. The monoisotopic (exact) mass is 393 g/mol. The van der Waals surface area contributed by atoms with Crippen molar-refractivity contribution in [3.05, 3.63) is 65.5 Å². The van der Waals surface area contributed by atoms with E-state index >= 15 is 0 Å². The first-order valence-electron chi connectivity index (χ1n) is 9.54. The van der Waals surface area contributed by atoms with Crippen molar-refractivity contribution in [1.29, 1.82) is 0 Å². The summed E-state index contributed by atoms with van der Waals surface area (Å²) < 4.78 is 12.9. The number of benzene rings is 2. The van der Waals surface area contributed by atoms with Crippen LogP contribution in [-0.4, -0.2) is 47.9 Å². The molecule has 0 saturated carbocycles. The quantitative estimate of drug-likeness (QED) is 0.612. The second-order valence-electron chi connectivity index (χ2n) is 6.98. The Morgan fingerprint density at radius 2 is 1.83 bits per heavy atom. The van der Waals surface area contributed by atoms with Crippen LogP contribution in [0.2, 0.25) is 0 Å². The summed E-state index contributed by atoms with van der Waals surface area (Å²) in [6.45, 7) is 4.86. The molecule has 0 N–H and O–H groups in total. The van der Waals surface area contributed by atoms with Gasteiger partial charge < -0.3 is 14.4 Å². The van der Waals surface area contributed by atoms with Gasteiger partial charge in [-0.25, -0.2) is 0 Å². The minimum atomic E-state index is -0.0466. The van der Waals surface area contributed by atoms with E-state index in [4.69, 9.17) is 9.47 Å². The summed E-state index contributed by atoms with van der Waals surface area (Å²) in [6, 6.07) is 15.2. The van der Waals surface area contributed by atoms with Gasteiger partial charge in [-0.3, -0.25) is 9.48 Å². The number of likely N-dealkylation sites (N-methyl/N-ethyl adjacent to an activating group) is 1. The second-order valence-corrected chi connectivity index (χ2v) is 6.98. The summed E-state index contributed by atoms with van der Waals surface area (Å²) in [4.78, 5) is 14.6. The molecule has 2 aromatic carbocycles. The van der Waals surface area contributed by atoms with E-state index in [-0.39, 0.29) is 5.91 Å². The summed E-state index contributed by atoms with van der Waals surface area (Å²) >= 11 is 0. The molecule has 6 nitrogen and oxygen atoms in total. The van der Waals surface area contributed by atoms with Gasteiger partial charge in [-0.15, -0.1) is 0 Å². The molecule has 0 bridgehead atoms. The van der Waals surface area contributed by atoms with Crippen LogP contribution in [-0.2, 0) is 7.05 Å². The first-order chi connectivity index (χ1) is 13.9. The number of amides is 1. The molecule has 1 amide bonds. The lowest BCUT2D eigenvalue weighted by molar-refractivity contribution is 0.0773. The maximum absolute atomic E-state index is 12.9. The highest BCUT2D eigenvalue weighted by molar-refractivity contribution is 5.95. The van der Waals surface area contributed by atoms with E-state index in [2.05, 4.69) is 5.10 Å². The number of methoxy groups -OCH3 is 1. The van der Waals surface area contributed by atoms with Crippen molar-refractivity contribution in [1.82, 2.24) is 14.7 Å². The predicted octanol–water partition coefficient (Wildman–Crippen LogP) is 3.86. The Balaban J connectivity index is 1.68. The van der Waals surface area contributed by atoms with E-state index in [1.807, 2.05) is 74.1 Å². The van der Waals surface area contributed by atoms with Crippen LogP contribution in [0.1, 0.15) is 21.7 Å². The molecule has 29 heavy (non-hydrogen) atoms. The lowest BCUT2D eigenvalue weighted by Gasteiger charge is -2.18. The number of para-hydroxylation sites is 2. The van der Waals surface area contributed by atoms with Crippen LogP contribution >= 0.6 is 0 Å². The van der Waals surface area contributed by atoms with Crippen molar-refractivity contribution < 1.29 is 14.3 Å². The van der Waals surface area contributed by atoms with E-state index in [1.54, 1.807) is 19.1 Å². The number of rotatable bonds is 7. The number of ether oxygens (including phenoxy) is 2.